The topological polar surface area (TPSA) is 54.7 Å². The molecule has 1 N–H and O–H groups in total. The van der Waals surface area contributed by atoms with Gasteiger partial charge in [0, 0.05) is 42.3 Å². The molecule has 0 saturated carbocycles. The van der Waals surface area contributed by atoms with Gasteiger partial charge in [0.05, 0.1) is 12.7 Å². The monoisotopic (exact) mass is 392 g/mol. The molecule has 1 fully saturated rings. The zero-order chi connectivity index (χ0) is 20.5. The van der Waals surface area contributed by atoms with Crippen LogP contribution in [-0.4, -0.2) is 32.3 Å². The molecule has 0 radical (unpaired) electrons. The van der Waals surface area contributed by atoms with Crippen LogP contribution in [-0.2, 0) is 6.42 Å². The van der Waals surface area contributed by atoms with Crippen molar-refractivity contribution < 1.29 is 9.15 Å². The van der Waals surface area contributed by atoms with Crippen LogP contribution in [0.3, 0.4) is 0 Å². The third-order valence-corrected chi connectivity index (χ3v) is 5.61. The van der Waals surface area contributed by atoms with Crippen molar-refractivity contribution in [3.63, 3.8) is 0 Å². The fraction of sp³-hybridized carbons (Fsp3) is 0.375. The van der Waals surface area contributed by atoms with Crippen molar-refractivity contribution in [2.24, 2.45) is 0 Å². The van der Waals surface area contributed by atoms with E-state index in [1.165, 1.54) is 0 Å². The maximum Gasteiger partial charge on any atom is 0.344 e. The first-order valence-electron chi connectivity index (χ1n) is 10.2. The largest absolute Gasteiger partial charge is 0.496 e. The summed E-state index contributed by atoms with van der Waals surface area (Å²) in [6.07, 6.45) is 0.834. The third-order valence-electron chi connectivity index (χ3n) is 5.61. The highest BCUT2D eigenvalue weighted by Gasteiger charge is 2.21. The van der Waals surface area contributed by atoms with E-state index in [1.807, 2.05) is 36.4 Å². The average molecular weight is 392 g/mol. The molecule has 1 saturated heterocycles. The molecule has 152 valence electrons. The number of hydrogen-bond acceptors (Lipinski definition) is 5. The smallest absolute Gasteiger partial charge is 0.344 e. The van der Waals surface area contributed by atoms with Crippen LogP contribution < -0.4 is 20.6 Å². The second kappa shape index (κ2) is 7.91. The first-order valence-corrected chi connectivity index (χ1v) is 10.2. The second-order valence-corrected chi connectivity index (χ2v) is 7.92. The number of hydrogen-bond donors (Lipinski definition) is 1. The lowest BCUT2D eigenvalue weighted by Crippen LogP contribution is -2.54. The molecule has 0 amide bonds. The van der Waals surface area contributed by atoms with E-state index in [4.69, 9.17) is 9.15 Å². The minimum Gasteiger partial charge on any atom is -0.496 e. The molecule has 1 aromatic heterocycles. The van der Waals surface area contributed by atoms with Crippen LogP contribution in [0.1, 0.15) is 26.3 Å². The molecule has 1 aliphatic rings. The van der Waals surface area contributed by atoms with E-state index < -0.39 is 0 Å². The molecular formula is C24H28N2O3. The van der Waals surface area contributed by atoms with Crippen LogP contribution in [0.4, 0.5) is 5.69 Å². The Bertz CT molecular complexity index is 1080. The van der Waals surface area contributed by atoms with Gasteiger partial charge >= 0.3 is 5.63 Å². The van der Waals surface area contributed by atoms with Crippen molar-refractivity contribution in [3.8, 4) is 16.9 Å². The van der Waals surface area contributed by atoms with E-state index in [2.05, 4.69) is 37.1 Å². The Labute approximate surface area is 171 Å². The molecule has 4 rings (SSSR count). The zero-order valence-corrected chi connectivity index (χ0v) is 17.5. The Balaban J connectivity index is 1.72. The summed E-state index contributed by atoms with van der Waals surface area (Å²) < 4.78 is 11.1. The summed E-state index contributed by atoms with van der Waals surface area (Å²) >= 11 is 0. The van der Waals surface area contributed by atoms with Crippen molar-refractivity contribution in [1.29, 1.82) is 0 Å². The van der Waals surface area contributed by atoms with Crippen LogP contribution in [0, 0.1) is 0 Å². The number of aryl methyl sites for hydroxylation is 1. The van der Waals surface area contributed by atoms with Gasteiger partial charge in [-0.1, -0.05) is 13.0 Å². The number of anilines is 1. The number of ether oxygens (including phenoxy) is 1. The van der Waals surface area contributed by atoms with Gasteiger partial charge in [-0.15, -0.1) is 0 Å². The van der Waals surface area contributed by atoms with E-state index in [0.29, 0.717) is 23.2 Å². The predicted octanol–water partition coefficient (Wildman–Crippen LogP) is 4.22. The molecule has 0 unspecified atom stereocenters. The average Bonchev–Trinajstić information content (AvgIpc) is 2.71. The number of fused-ring (bicyclic) bond motifs is 1. The predicted molar refractivity (Wildman–Crippen MR) is 118 cm³/mol. The lowest BCUT2D eigenvalue weighted by atomic mass is 10.0. The van der Waals surface area contributed by atoms with Gasteiger partial charge in [-0.3, -0.25) is 0 Å². The van der Waals surface area contributed by atoms with Crippen molar-refractivity contribution in [2.75, 3.05) is 25.1 Å². The normalized spacial score (nSPS) is 19.5. The van der Waals surface area contributed by atoms with Gasteiger partial charge in [0.25, 0.3) is 0 Å². The van der Waals surface area contributed by atoms with Gasteiger partial charge in [0.2, 0.25) is 0 Å². The molecule has 0 bridgehead atoms. The molecule has 0 spiro atoms. The van der Waals surface area contributed by atoms with Crippen molar-refractivity contribution in [1.82, 2.24) is 5.32 Å². The minimum absolute atomic E-state index is 0.316. The summed E-state index contributed by atoms with van der Waals surface area (Å²) in [5, 5.41) is 4.47. The lowest BCUT2D eigenvalue weighted by Gasteiger charge is -2.37. The number of nitrogens with zero attached hydrogens (tertiary/aromatic N) is 1. The molecule has 3 aromatic rings. The zero-order valence-electron chi connectivity index (χ0n) is 17.5. The third kappa shape index (κ3) is 3.87. The highest BCUT2D eigenvalue weighted by atomic mass is 16.5. The van der Waals surface area contributed by atoms with Gasteiger partial charge < -0.3 is 19.4 Å². The molecule has 0 aliphatic carbocycles. The van der Waals surface area contributed by atoms with Crippen molar-refractivity contribution in [3.05, 3.63) is 58.4 Å². The van der Waals surface area contributed by atoms with E-state index in [0.717, 1.165) is 47.5 Å². The molecule has 1 aliphatic heterocycles. The number of nitrogens with one attached hydrogen (secondary N) is 1. The Morgan fingerprint density at radius 2 is 1.86 bits per heavy atom. The van der Waals surface area contributed by atoms with Crippen LogP contribution in [0.25, 0.3) is 22.1 Å². The summed E-state index contributed by atoms with van der Waals surface area (Å²) in [4.78, 5) is 15.1. The molecule has 2 atom stereocenters. The molecule has 5 heteroatoms. The van der Waals surface area contributed by atoms with E-state index >= 15 is 0 Å². The maximum atomic E-state index is 12.8. The first kappa shape index (κ1) is 19.5. The molecule has 29 heavy (non-hydrogen) atoms. The number of methoxy groups -OCH3 is 1. The van der Waals surface area contributed by atoms with Gasteiger partial charge in [0.15, 0.2) is 0 Å². The fourth-order valence-corrected chi connectivity index (χ4v) is 4.26. The van der Waals surface area contributed by atoms with Gasteiger partial charge in [-0.2, -0.15) is 0 Å². The number of benzene rings is 2. The standard InChI is InChI=1S/C24H28N2O3/c1-5-17-10-18(7-9-22(17)28-4)21-11-19-6-8-20(12-23(19)29-24(21)27)26-13-15(2)25-16(3)14-26/h6-12,15-16,25H,5,13-14H2,1-4H3/t15-,16+. The number of piperazine rings is 1. The minimum atomic E-state index is -0.316. The second-order valence-electron chi connectivity index (χ2n) is 7.92. The quantitative estimate of drug-likeness (QED) is 0.674. The summed E-state index contributed by atoms with van der Waals surface area (Å²) in [6, 6.07) is 14.7. The first-order chi connectivity index (χ1) is 14.0. The summed E-state index contributed by atoms with van der Waals surface area (Å²) in [7, 11) is 1.66. The van der Waals surface area contributed by atoms with Crippen LogP contribution in [0.15, 0.2) is 51.7 Å². The molecule has 5 nitrogen and oxygen atoms in total. The Kier molecular flexibility index (Phi) is 5.33. The fourth-order valence-electron chi connectivity index (χ4n) is 4.26. The Morgan fingerprint density at radius 3 is 2.55 bits per heavy atom. The van der Waals surface area contributed by atoms with Gasteiger partial charge in [-0.05, 0) is 61.7 Å². The summed E-state index contributed by atoms with van der Waals surface area (Å²) in [5.74, 6) is 0.838. The highest BCUT2D eigenvalue weighted by Crippen LogP contribution is 2.29. The van der Waals surface area contributed by atoms with Gasteiger partial charge in [0.1, 0.15) is 11.3 Å². The SMILES string of the molecule is CCc1cc(-c2cc3ccc(N4C[C@@H](C)N[C@@H](C)C4)cc3oc2=O)ccc1OC. The van der Waals surface area contributed by atoms with E-state index in [9.17, 15) is 4.79 Å². The van der Waals surface area contributed by atoms with Gasteiger partial charge in [-0.25, -0.2) is 4.79 Å². The maximum absolute atomic E-state index is 12.8. The van der Waals surface area contributed by atoms with E-state index in [1.54, 1.807) is 7.11 Å². The highest BCUT2D eigenvalue weighted by molar-refractivity contribution is 5.84. The molecule has 2 aromatic carbocycles. The lowest BCUT2D eigenvalue weighted by molar-refractivity contribution is 0.407. The summed E-state index contributed by atoms with van der Waals surface area (Å²) in [5.41, 5.74) is 3.90. The molecule has 2 heterocycles. The number of rotatable bonds is 4. The summed E-state index contributed by atoms with van der Waals surface area (Å²) in [6.45, 7) is 8.32. The molecular weight excluding hydrogens is 364 g/mol. The van der Waals surface area contributed by atoms with Crippen molar-refractivity contribution in [2.45, 2.75) is 39.3 Å². The van der Waals surface area contributed by atoms with Crippen molar-refractivity contribution >= 4 is 16.7 Å². The van der Waals surface area contributed by atoms with Crippen LogP contribution >= 0.6 is 0 Å². The van der Waals surface area contributed by atoms with Crippen LogP contribution in [0.5, 0.6) is 5.75 Å². The Morgan fingerprint density at radius 1 is 1.10 bits per heavy atom. The van der Waals surface area contributed by atoms with E-state index in [-0.39, 0.29) is 5.63 Å². The van der Waals surface area contributed by atoms with Crippen LogP contribution in [0.2, 0.25) is 0 Å². The Hall–Kier alpha value is -2.79.